The Morgan fingerprint density at radius 2 is 1.75 bits per heavy atom. The van der Waals surface area contributed by atoms with Crippen LogP contribution in [0, 0.1) is 6.92 Å². The molecule has 1 amide bonds. The molecule has 0 unspecified atom stereocenters. The van der Waals surface area contributed by atoms with E-state index in [1.165, 1.54) is 5.56 Å². The summed E-state index contributed by atoms with van der Waals surface area (Å²) in [7, 11) is 0. The number of anilines is 1. The smallest absolute Gasteiger partial charge is 0.248 e. The number of hydrogen-bond donors (Lipinski definition) is 1. The molecule has 0 bridgehead atoms. The predicted octanol–water partition coefficient (Wildman–Crippen LogP) is 5.51. The second kappa shape index (κ2) is 7.48. The van der Waals surface area contributed by atoms with E-state index >= 15 is 0 Å². The van der Waals surface area contributed by atoms with Gasteiger partial charge in [0.05, 0.1) is 0 Å². The van der Waals surface area contributed by atoms with E-state index in [9.17, 15) is 4.79 Å². The third-order valence-electron chi connectivity index (χ3n) is 4.19. The van der Waals surface area contributed by atoms with Crippen LogP contribution in [0.2, 0.25) is 0 Å². The van der Waals surface area contributed by atoms with E-state index in [0.717, 1.165) is 28.8 Å². The molecule has 2 aromatic carbocycles. The number of carbonyl (C=O) groups is 1. The Balaban J connectivity index is 2.09. The van der Waals surface area contributed by atoms with E-state index in [0.29, 0.717) is 0 Å². The van der Waals surface area contributed by atoms with Crippen LogP contribution in [0.5, 0.6) is 0 Å². The normalized spacial score (nSPS) is 11.7. The fourth-order valence-corrected chi connectivity index (χ4v) is 2.63. The van der Waals surface area contributed by atoms with Gasteiger partial charge in [0.25, 0.3) is 0 Å². The SMILES string of the molecule is CCc1cccc(C)c1NC(=O)C=Cc1ccc(C(C)(C)C)cc1. The zero-order valence-corrected chi connectivity index (χ0v) is 15.3. The topological polar surface area (TPSA) is 29.1 Å². The van der Waals surface area contributed by atoms with Crippen LogP contribution in [0.25, 0.3) is 6.08 Å². The zero-order valence-electron chi connectivity index (χ0n) is 15.3. The molecule has 0 spiro atoms. The molecule has 0 saturated carbocycles. The molecule has 0 aromatic heterocycles. The molecule has 0 fully saturated rings. The Morgan fingerprint density at radius 3 is 2.33 bits per heavy atom. The molecule has 0 aliphatic heterocycles. The van der Waals surface area contributed by atoms with Crippen molar-refractivity contribution in [3.05, 3.63) is 70.8 Å². The van der Waals surface area contributed by atoms with E-state index in [1.54, 1.807) is 6.08 Å². The Morgan fingerprint density at radius 1 is 1.08 bits per heavy atom. The molecule has 2 rings (SSSR count). The number of para-hydroxylation sites is 1. The highest BCUT2D eigenvalue weighted by Crippen LogP contribution is 2.23. The molecule has 0 atom stereocenters. The Hall–Kier alpha value is -2.35. The second-order valence-electron chi connectivity index (χ2n) is 7.16. The lowest BCUT2D eigenvalue weighted by Gasteiger charge is -2.18. The average Bonchev–Trinajstić information content (AvgIpc) is 2.54. The van der Waals surface area contributed by atoms with E-state index in [-0.39, 0.29) is 11.3 Å². The maximum absolute atomic E-state index is 12.2. The third-order valence-corrected chi connectivity index (χ3v) is 4.19. The zero-order chi connectivity index (χ0) is 17.7. The van der Waals surface area contributed by atoms with Crippen molar-refractivity contribution in [1.29, 1.82) is 0 Å². The van der Waals surface area contributed by atoms with Crippen LogP contribution in [-0.2, 0) is 16.6 Å². The maximum Gasteiger partial charge on any atom is 0.248 e. The summed E-state index contributed by atoms with van der Waals surface area (Å²) in [5.74, 6) is -0.0982. The third kappa shape index (κ3) is 4.58. The van der Waals surface area contributed by atoms with E-state index < -0.39 is 0 Å². The number of amides is 1. The standard InChI is InChI=1S/C22H27NO/c1-6-18-9-7-8-16(2)21(18)23-20(24)15-12-17-10-13-19(14-11-17)22(3,4)5/h7-15H,6H2,1-5H3,(H,23,24). The molecule has 0 heterocycles. The van der Waals surface area contributed by atoms with Gasteiger partial charge in [-0.3, -0.25) is 4.79 Å². The number of rotatable bonds is 4. The van der Waals surface area contributed by atoms with Gasteiger partial charge in [-0.1, -0.05) is 70.2 Å². The first-order valence-electron chi connectivity index (χ1n) is 8.49. The average molecular weight is 321 g/mol. The number of aryl methyl sites for hydroxylation is 2. The van der Waals surface area contributed by atoms with Crippen molar-refractivity contribution in [2.45, 2.75) is 46.5 Å². The summed E-state index contributed by atoms with van der Waals surface area (Å²) in [6, 6.07) is 14.4. The molecular formula is C22H27NO. The largest absolute Gasteiger partial charge is 0.322 e. The minimum absolute atomic E-state index is 0.0982. The van der Waals surface area contributed by atoms with Crippen LogP contribution in [0.4, 0.5) is 5.69 Å². The summed E-state index contributed by atoms with van der Waals surface area (Å²) in [6.07, 6.45) is 4.35. The number of nitrogens with one attached hydrogen (secondary N) is 1. The molecule has 0 aliphatic rings. The fraction of sp³-hybridized carbons (Fsp3) is 0.318. The molecule has 126 valence electrons. The van der Waals surface area contributed by atoms with E-state index in [1.807, 2.05) is 25.1 Å². The van der Waals surface area contributed by atoms with Gasteiger partial charge in [-0.2, -0.15) is 0 Å². The van der Waals surface area contributed by atoms with Gasteiger partial charge in [0.1, 0.15) is 0 Å². The summed E-state index contributed by atoms with van der Waals surface area (Å²) < 4.78 is 0. The van der Waals surface area contributed by atoms with Crippen molar-refractivity contribution in [2.75, 3.05) is 5.32 Å². The number of hydrogen-bond acceptors (Lipinski definition) is 1. The molecule has 0 saturated heterocycles. The molecule has 2 heteroatoms. The van der Waals surface area contributed by atoms with Crippen molar-refractivity contribution in [3.8, 4) is 0 Å². The van der Waals surface area contributed by atoms with Crippen molar-refractivity contribution in [3.63, 3.8) is 0 Å². The first-order chi connectivity index (χ1) is 11.3. The van der Waals surface area contributed by atoms with Gasteiger partial charge in [-0.15, -0.1) is 0 Å². The van der Waals surface area contributed by atoms with Gasteiger partial charge in [-0.25, -0.2) is 0 Å². The minimum atomic E-state index is -0.0982. The second-order valence-corrected chi connectivity index (χ2v) is 7.16. The van der Waals surface area contributed by atoms with E-state index in [2.05, 4.69) is 63.3 Å². The van der Waals surface area contributed by atoms with Crippen molar-refractivity contribution in [1.82, 2.24) is 0 Å². The summed E-state index contributed by atoms with van der Waals surface area (Å²) >= 11 is 0. The van der Waals surface area contributed by atoms with Crippen LogP contribution in [0.1, 0.15) is 49.9 Å². The van der Waals surface area contributed by atoms with Crippen molar-refractivity contribution in [2.24, 2.45) is 0 Å². The summed E-state index contributed by atoms with van der Waals surface area (Å²) in [5.41, 5.74) is 5.63. The number of carbonyl (C=O) groups excluding carboxylic acids is 1. The molecule has 24 heavy (non-hydrogen) atoms. The lowest BCUT2D eigenvalue weighted by molar-refractivity contribution is -0.111. The van der Waals surface area contributed by atoms with Crippen LogP contribution >= 0.6 is 0 Å². The van der Waals surface area contributed by atoms with Crippen LogP contribution in [0.3, 0.4) is 0 Å². The summed E-state index contributed by atoms with van der Waals surface area (Å²) in [6.45, 7) is 10.7. The van der Waals surface area contributed by atoms with Gasteiger partial charge < -0.3 is 5.32 Å². The van der Waals surface area contributed by atoms with E-state index in [4.69, 9.17) is 0 Å². The summed E-state index contributed by atoms with van der Waals surface area (Å²) in [4.78, 5) is 12.2. The molecular weight excluding hydrogens is 294 g/mol. The van der Waals surface area contributed by atoms with Gasteiger partial charge in [0.2, 0.25) is 5.91 Å². The van der Waals surface area contributed by atoms with Crippen LogP contribution < -0.4 is 5.32 Å². The van der Waals surface area contributed by atoms with Gasteiger partial charge >= 0.3 is 0 Å². The molecule has 2 nitrogen and oxygen atoms in total. The van der Waals surface area contributed by atoms with Crippen molar-refractivity contribution >= 4 is 17.7 Å². The van der Waals surface area contributed by atoms with Gasteiger partial charge in [0.15, 0.2) is 0 Å². The highest BCUT2D eigenvalue weighted by Gasteiger charge is 2.12. The lowest BCUT2D eigenvalue weighted by atomic mass is 9.87. The van der Waals surface area contributed by atoms with Crippen LogP contribution in [-0.4, -0.2) is 5.91 Å². The Kier molecular flexibility index (Phi) is 5.61. The van der Waals surface area contributed by atoms with Gasteiger partial charge in [-0.05, 0) is 47.1 Å². The Labute approximate surface area is 145 Å². The molecule has 1 N–H and O–H groups in total. The van der Waals surface area contributed by atoms with Gasteiger partial charge in [0, 0.05) is 11.8 Å². The Bertz CT molecular complexity index is 734. The van der Waals surface area contributed by atoms with Crippen LogP contribution in [0.15, 0.2) is 48.5 Å². The number of benzene rings is 2. The highest BCUT2D eigenvalue weighted by molar-refractivity contribution is 6.02. The monoisotopic (exact) mass is 321 g/mol. The molecule has 2 aromatic rings. The molecule has 0 radical (unpaired) electrons. The lowest BCUT2D eigenvalue weighted by Crippen LogP contribution is -2.11. The quantitative estimate of drug-likeness (QED) is 0.739. The minimum Gasteiger partial charge on any atom is -0.322 e. The predicted molar refractivity (Wildman–Crippen MR) is 103 cm³/mol. The fourth-order valence-electron chi connectivity index (χ4n) is 2.63. The highest BCUT2D eigenvalue weighted by atomic mass is 16.1. The molecule has 0 aliphatic carbocycles. The van der Waals surface area contributed by atoms with Crippen molar-refractivity contribution < 1.29 is 4.79 Å². The maximum atomic E-state index is 12.2. The first-order valence-corrected chi connectivity index (χ1v) is 8.49. The first kappa shape index (κ1) is 18.0. The summed E-state index contributed by atoms with van der Waals surface area (Å²) in [5, 5.41) is 3.01.